The number of carbonyl (C=O) groups is 1. The van der Waals surface area contributed by atoms with Crippen LogP contribution in [0.1, 0.15) is 16.8 Å². The van der Waals surface area contributed by atoms with Crippen molar-refractivity contribution in [3.05, 3.63) is 29.8 Å². The number of benzene rings is 1. The topological polar surface area (TPSA) is 43.1 Å². The second kappa shape index (κ2) is 3.59. The van der Waals surface area contributed by atoms with Crippen molar-refractivity contribution in [3.63, 3.8) is 0 Å². The van der Waals surface area contributed by atoms with E-state index in [0.29, 0.717) is 11.3 Å². The highest BCUT2D eigenvalue weighted by atomic mass is 16.1. The maximum absolute atomic E-state index is 11.2. The Balaban J connectivity index is 2.84. The van der Waals surface area contributed by atoms with Crippen LogP contribution in [0.4, 0.5) is 5.69 Å². The first-order chi connectivity index (χ1) is 5.74. The fourth-order valence-electron chi connectivity index (χ4n) is 0.864. The molecule has 1 aromatic carbocycles. The number of hydrogen-bond acceptors (Lipinski definition) is 2. The second-order valence-electron chi connectivity index (χ2n) is 2.43. The molecule has 1 aromatic rings. The molecule has 0 heterocycles. The van der Waals surface area contributed by atoms with Crippen LogP contribution in [-0.2, 0) is 0 Å². The van der Waals surface area contributed by atoms with Gasteiger partial charge in [-0.05, 0) is 24.3 Å². The van der Waals surface area contributed by atoms with E-state index in [9.17, 15) is 4.79 Å². The van der Waals surface area contributed by atoms with Gasteiger partial charge < -0.3 is 5.73 Å². The summed E-state index contributed by atoms with van der Waals surface area (Å²) in [7, 11) is 0. The summed E-state index contributed by atoms with van der Waals surface area (Å²) in [6, 6.07) is 6.72. The van der Waals surface area contributed by atoms with E-state index in [0.717, 1.165) is 0 Å². The molecule has 2 heteroatoms. The minimum absolute atomic E-state index is 0.0440. The molecule has 0 saturated carbocycles. The normalized spacial score (nSPS) is 8.92. The Morgan fingerprint density at radius 3 is 2.50 bits per heavy atom. The summed E-state index contributed by atoms with van der Waals surface area (Å²) in [4.78, 5) is 11.2. The minimum atomic E-state index is -0.0440. The van der Waals surface area contributed by atoms with E-state index in [1.807, 2.05) is 0 Å². The molecule has 12 heavy (non-hydrogen) atoms. The molecule has 2 N–H and O–H groups in total. The van der Waals surface area contributed by atoms with Gasteiger partial charge in [0.15, 0.2) is 5.78 Å². The molecule has 0 unspecified atom stereocenters. The van der Waals surface area contributed by atoms with Crippen molar-refractivity contribution < 1.29 is 4.79 Å². The largest absolute Gasteiger partial charge is 0.399 e. The highest BCUT2D eigenvalue weighted by molar-refractivity contribution is 5.97. The summed E-state index contributed by atoms with van der Waals surface area (Å²) in [6.07, 6.45) is 5.14. The first kappa shape index (κ1) is 8.35. The molecule has 0 saturated heterocycles. The number of Topliss-reactive ketones (excluding diaryl/α,β-unsaturated/α-hetero) is 1. The van der Waals surface area contributed by atoms with Gasteiger partial charge in [0.1, 0.15) is 0 Å². The van der Waals surface area contributed by atoms with Gasteiger partial charge in [-0.25, -0.2) is 0 Å². The van der Waals surface area contributed by atoms with Gasteiger partial charge in [0.2, 0.25) is 0 Å². The Hall–Kier alpha value is -1.75. The van der Waals surface area contributed by atoms with Crippen LogP contribution in [0, 0.1) is 12.3 Å². The summed E-state index contributed by atoms with van der Waals surface area (Å²) in [5.74, 6) is 2.26. The Labute approximate surface area is 71.4 Å². The van der Waals surface area contributed by atoms with Crippen molar-refractivity contribution in [1.29, 1.82) is 0 Å². The highest BCUT2D eigenvalue weighted by Crippen LogP contribution is 2.07. The van der Waals surface area contributed by atoms with Gasteiger partial charge >= 0.3 is 0 Å². The molecule has 0 aliphatic heterocycles. The summed E-state index contributed by atoms with van der Waals surface area (Å²) in [6.45, 7) is 0. The van der Waals surface area contributed by atoms with Gasteiger partial charge in [-0.15, -0.1) is 6.42 Å². The first-order valence-electron chi connectivity index (χ1n) is 3.56. The maximum atomic E-state index is 11.2. The summed E-state index contributed by atoms with van der Waals surface area (Å²) < 4.78 is 0. The predicted octanol–water partition coefficient (Wildman–Crippen LogP) is 1.47. The number of nitrogens with two attached hydrogens (primary N) is 1. The van der Waals surface area contributed by atoms with Crippen LogP contribution >= 0.6 is 0 Å². The monoisotopic (exact) mass is 159 g/mol. The predicted molar refractivity (Wildman–Crippen MR) is 48.6 cm³/mol. The molecule has 2 nitrogen and oxygen atoms in total. The Morgan fingerprint density at radius 2 is 2.00 bits per heavy atom. The van der Waals surface area contributed by atoms with Crippen LogP contribution in [0.2, 0.25) is 0 Å². The smallest absolute Gasteiger partial charge is 0.174 e. The summed E-state index contributed by atoms with van der Waals surface area (Å²) in [5, 5.41) is 0. The molecule has 0 fully saturated rings. The van der Waals surface area contributed by atoms with E-state index < -0.39 is 0 Å². The number of ketones is 1. The molecule has 1 rings (SSSR count). The van der Waals surface area contributed by atoms with Crippen LogP contribution in [0.3, 0.4) is 0 Å². The first-order valence-corrected chi connectivity index (χ1v) is 3.56. The van der Waals surface area contributed by atoms with Crippen molar-refractivity contribution in [2.24, 2.45) is 0 Å². The zero-order valence-corrected chi connectivity index (χ0v) is 6.58. The van der Waals surface area contributed by atoms with Gasteiger partial charge in [0, 0.05) is 11.3 Å². The van der Waals surface area contributed by atoms with E-state index in [4.69, 9.17) is 12.2 Å². The zero-order valence-electron chi connectivity index (χ0n) is 6.58. The standard InChI is InChI=1S/C10H9NO/c1-2-3-10(12)8-4-6-9(11)7-5-8/h1,4-7H,3,11H2. The highest BCUT2D eigenvalue weighted by Gasteiger charge is 2.01. The maximum Gasteiger partial charge on any atom is 0.174 e. The number of hydrogen-bond donors (Lipinski definition) is 1. The third kappa shape index (κ3) is 1.86. The second-order valence-corrected chi connectivity index (χ2v) is 2.43. The summed E-state index contributed by atoms with van der Waals surface area (Å²) in [5.41, 5.74) is 6.71. The molecule has 60 valence electrons. The zero-order chi connectivity index (χ0) is 8.97. The van der Waals surface area contributed by atoms with E-state index in [-0.39, 0.29) is 12.2 Å². The summed E-state index contributed by atoms with van der Waals surface area (Å²) >= 11 is 0. The van der Waals surface area contributed by atoms with E-state index in [1.165, 1.54) is 0 Å². The molecule has 0 aromatic heterocycles. The van der Waals surface area contributed by atoms with Crippen LogP contribution in [0.25, 0.3) is 0 Å². The molecular weight excluding hydrogens is 150 g/mol. The van der Waals surface area contributed by atoms with Crippen molar-refractivity contribution in [2.75, 3.05) is 5.73 Å². The third-order valence-corrected chi connectivity index (χ3v) is 1.50. The molecule has 0 aliphatic carbocycles. The quantitative estimate of drug-likeness (QED) is 0.403. The Kier molecular flexibility index (Phi) is 2.49. The van der Waals surface area contributed by atoms with Crippen LogP contribution in [0.15, 0.2) is 24.3 Å². The van der Waals surface area contributed by atoms with Gasteiger partial charge in [0.25, 0.3) is 0 Å². The van der Waals surface area contributed by atoms with E-state index >= 15 is 0 Å². The van der Waals surface area contributed by atoms with Gasteiger partial charge in [-0.2, -0.15) is 0 Å². The van der Waals surface area contributed by atoms with Crippen LogP contribution in [0.5, 0.6) is 0 Å². The lowest BCUT2D eigenvalue weighted by Crippen LogP contribution is -1.97. The number of nitrogen functional groups attached to an aromatic ring is 1. The van der Waals surface area contributed by atoms with Crippen molar-refractivity contribution in [2.45, 2.75) is 6.42 Å². The third-order valence-electron chi connectivity index (χ3n) is 1.50. The number of carbonyl (C=O) groups excluding carboxylic acids is 1. The SMILES string of the molecule is C#CCC(=O)c1ccc(N)cc1. The molecule has 0 atom stereocenters. The fraction of sp³-hybridized carbons (Fsp3) is 0.100. The van der Waals surface area contributed by atoms with E-state index in [2.05, 4.69) is 5.92 Å². The Morgan fingerprint density at radius 1 is 1.42 bits per heavy atom. The fourth-order valence-corrected chi connectivity index (χ4v) is 0.864. The lowest BCUT2D eigenvalue weighted by molar-refractivity contribution is 0.0998. The van der Waals surface area contributed by atoms with Crippen molar-refractivity contribution in [1.82, 2.24) is 0 Å². The van der Waals surface area contributed by atoms with Crippen LogP contribution < -0.4 is 5.73 Å². The molecule has 0 spiro atoms. The molecule has 0 radical (unpaired) electrons. The Bertz CT molecular complexity index is 319. The lowest BCUT2D eigenvalue weighted by atomic mass is 10.1. The van der Waals surface area contributed by atoms with Crippen molar-refractivity contribution >= 4 is 11.5 Å². The van der Waals surface area contributed by atoms with Gasteiger partial charge in [-0.1, -0.05) is 5.92 Å². The molecular formula is C10H9NO. The molecule has 0 aliphatic rings. The van der Waals surface area contributed by atoms with Gasteiger partial charge in [0.05, 0.1) is 6.42 Å². The minimum Gasteiger partial charge on any atom is -0.399 e. The van der Waals surface area contributed by atoms with Crippen molar-refractivity contribution in [3.8, 4) is 12.3 Å². The van der Waals surface area contributed by atoms with E-state index in [1.54, 1.807) is 24.3 Å². The van der Waals surface area contributed by atoms with Crippen LogP contribution in [-0.4, -0.2) is 5.78 Å². The number of rotatable bonds is 2. The molecule has 0 bridgehead atoms. The average molecular weight is 159 g/mol. The lowest BCUT2D eigenvalue weighted by Gasteiger charge is -1.96. The number of anilines is 1. The van der Waals surface area contributed by atoms with Gasteiger partial charge in [-0.3, -0.25) is 4.79 Å². The molecule has 0 amide bonds. The number of terminal acetylenes is 1. The average Bonchev–Trinajstić information content (AvgIpc) is 2.06.